The van der Waals surface area contributed by atoms with Gasteiger partial charge in [-0.1, -0.05) is 24.3 Å². The van der Waals surface area contributed by atoms with Gasteiger partial charge in [0.2, 0.25) is 0 Å². The zero-order chi connectivity index (χ0) is 17.1. The Kier molecular flexibility index (Phi) is 5.06. The molecule has 2 fully saturated rings. The van der Waals surface area contributed by atoms with Crippen LogP contribution in [0.25, 0.3) is 0 Å². The Morgan fingerprint density at radius 3 is 2.92 bits per heavy atom. The predicted molar refractivity (Wildman–Crippen MR) is 92.4 cm³/mol. The molecule has 0 aliphatic carbocycles. The van der Waals surface area contributed by atoms with Gasteiger partial charge in [-0.25, -0.2) is 4.39 Å². The minimum absolute atomic E-state index is 0.000852. The second-order valence-electron chi connectivity index (χ2n) is 6.74. The van der Waals surface area contributed by atoms with Crippen LogP contribution in [0.15, 0.2) is 48.7 Å². The van der Waals surface area contributed by atoms with Crippen LogP contribution in [0.2, 0.25) is 0 Å². The first-order valence-electron chi connectivity index (χ1n) is 8.92. The highest BCUT2D eigenvalue weighted by atomic mass is 19.1. The number of hydrogen-bond donors (Lipinski definition) is 0. The van der Waals surface area contributed by atoms with Crippen LogP contribution >= 0.6 is 0 Å². The molecule has 5 heteroatoms. The van der Waals surface area contributed by atoms with E-state index in [2.05, 4.69) is 9.88 Å². The molecule has 132 valence electrons. The molecule has 0 spiro atoms. The van der Waals surface area contributed by atoms with Crippen LogP contribution in [0.3, 0.4) is 0 Å². The van der Waals surface area contributed by atoms with Gasteiger partial charge in [-0.3, -0.25) is 9.88 Å². The van der Waals surface area contributed by atoms with Gasteiger partial charge >= 0.3 is 0 Å². The van der Waals surface area contributed by atoms with Gasteiger partial charge < -0.3 is 9.47 Å². The third kappa shape index (κ3) is 3.73. The minimum atomic E-state index is -0.145. The van der Waals surface area contributed by atoms with Crippen LogP contribution in [-0.2, 0) is 22.6 Å². The molecule has 0 amide bonds. The number of ether oxygens (including phenoxy) is 2. The number of benzene rings is 1. The third-order valence-corrected chi connectivity index (χ3v) is 5.09. The number of halogens is 1. The first-order valence-corrected chi connectivity index (χ1v) is 8.92. The van der Waals surface area contributed by atoms with E-state index < -0.39 is 0 Å². The van der Waals surface area contributed by atoms with E-state index in [1.54, 1.807) is 12.3 Å². The van der Waals surface area contributed by atoms with Gasteiger partial charge in [0.25, 0.3) is 0 Å². The van der Waals surface area contributed by atoms with Crippen molar-refractivity contribution < 1.29 is 13.9 Å². The Hall–Kier alpha value is -1.82. The van der Waals surface area contributed by atoms with E-state index in [1.165, 1.54) is 6.07 Å². The first-order chi connectivity index (χ1) is 12.3. The number of aromatic nitrogens is 1. The van der Waals surface area contributed by atoms with Gasteiger partial charge in [0.05, 0.1) is 18.4 Å². The van der Waals surface area contributed by atoms with Gasteiger partial charge in [0, 0.05) is 37.5 Å². The Bertz CT molecular complexity index is 697. The molecule has 0 saturated carbocycles. The standard InChI is InChI=1S/C20H23FN2O2/c21-17-8-2-1-6-15(17)12-23-13-19(20-18(23)9-5-11-24-20)25-14-16-7-3-4-10-22-16/h1-4,6-8,10,18-20H,5,9,11-14H2/t18-,19+,20+/m1/s1. The summed E-state index contributed by atoms with van der Waals surface area (Å²) in [4.78, 5) is 6.62. The van der Waals surface area contributed by atoms with Crippen molar-refractivity contribution in [2.24, 2.45) is 0 Å². The molecule has 2 aromatic rings. The molecule has 0 N–H and O–H groups in total. The third-order valence-electron chi connectivity index (χ3n) is 5.09. The fourth-order valence-electron chi connectivity index (χ4n) is 3.85. The number of likely N-dealkylation sites (tertiary alicyclic amines) is 1. The maximum atomic E-state index is 14.0. The Morgan fingerprint density at radius 1 is 1.20 bits per heavy atom. The normalized spacial score (nSPS) is 26.5. The Morgan fingerprint density at radius 2 is 2.08 bits per heavy atom. The van der Waals surface area contributed by atoms with Crippen molar-refractivity contribution in [3.63, 3.8) is 0 Å². The SMILES string of the molecule is Fc1ccccc1CN1C[C@H](OCc2ccccn2)[C@H]2OCCC[C@H]21. The molecule has 0 bridgehead atoms. The van der Waals surface area contributed by atoms with E-state index in [9.17, 15) is 4.39 Å². The second-order valence-corrected chi connectivity index (χ2v) is 6.74. The largest absolute Gasteiger partial charge is 0.374 e. The van der Waals surface area contributed by atoms with Gasteiger partial charge in [0.1, 0.15) is 11.9 Å². The Labute approximate surface area is 147 Å². The smallest absolute Gasteiger partial charge is 0.127 e. The summed E-state index contributed by atoms with van der Waals surface area (Å²) >= 11 is 0. The Balaban J connectivity index is 1.45. The van der Waals surface area contributed by atoms with Crippen molar-refractivity contribution in [2.45, 2.75) is 44.2 Å². The van der Waals surface area contributed by atoms with Crippen molar-refractivity contribution in [2.75, 3.05) is 13.2 Å². The molecule has 2 saturated heterocycles. The highest BCUT2D eigenvalue weighted by Crippen LogP contribution is 2.32. The molecule has 2 aliphatic heterocycles. The lowest BCUT2D eigenvalue weighted by Crippen LogP contribution is -2.41. The van der Waals surface area contributed by atoms with Crippen LogP contribution in [0.5, 0.6) is 0 Å². The van der Waals surface area contributed by atoms with Crippen LogP contribution in [0.4, 0.5) is 4.39 Å². The summed E-state index contributed by atoms with van der Waals surface area (Å²) in [6.45, 7) is 2.61. The summed E-state index contributed by atoms with van der Waals surface area (Å²) in [7, 11) is 0. The van der Waals surface area contributed by atoms with Gasteiger partial charge in [-0.2, -0.15) is 0 Å². The molecule has 3 heterocycles. The highest BCUT2D eigenvalue weighted by Gasteiger charge is 2.44. The lowest BCUT2D eigenvalue weighted by Gasteiger charge is -2.32. The summed E-state index contributed by atoms with van der Waals surface area (Å²) in [5.41, 5.74) is 1.65. The maximum Gasteiger partial charge on any atom is 0.127 e. The molecule has 2 aliphatic rings. The minimum Gasteiger partial charge on any atom is -0.374 e. The summed E-state index contributed by atoms with van der Waals surface area (Å²) in [6, 6.07) is 13.1. The zero-order valence-electron chi connectivity index (χ0n) is 14.2. The molecule has 1 aromatic carbocycles. The highest BCUT2D eigenvalue weighted by molar-refractivity contribution is 5.18. The van der Waals surface area contributed by atoms with Crippen molar-refractivity contribution >= 4 is 0 Å². The summed E-state index contributed by atoms with van der Waals surface area (Å²) in [6.07, 6.45) is 3.95. The first kappa shape index (κ1) is 16.6. The van der Waals surface area contributed by atoms with Crippen LogP contribution in [-0.4, -0.2) is 41.3 Å². The molecule has 25 heavy (non-hydrogen) atoms. The van der Waals surface area contributed by atoms with E-state index in [0.29, 0.717) is 19.2 Å². The van der Waals surface area contributed by atoms with Crippen LogP contribution < -0.4 is 0 Å². The van der Waals surface area contributed by atoms with Crippen molar-refractivity contribution in [1.82, 2.24) is 9.88 Å². The quantitative estimate of drug-likeness (QED) is 0.836. The molecule has 4 rings (SSSR count). The number of nitrogens with zero attached hydrogens (tertiary/aromatic N) is 2. The average Bonchev–Trinajstić information content (AvgIpc) is 3.01. The lowest BCUT2D eigenvalue weighted by molar-refractivity contribution is -0.0824. The van der Waals surface area contributed by atoms with Crippen LogP contribution in [0, 0.1) is 5.82 Å². The topological polar surface area (TPSA) is 34.6 Å². The predicted octanol–water partition coefficient (Wildman–Crippen LogP) is 3.17. The number of rotatable bonds is 5. The fraction of sp³-hybridized carbons (Fsp3) is 0.450. The van der Waals surface area contributed by atoms with Crippen LogP contribution in [0.1, 0.15) is 24.1 Å². The molecular formula is C20H23FN2O2. The van der Waals surface area contributed by atoms with E-state index in [1.807, 2.05) is 30.3 Å². The zero-order valence-corrected chi connectivity index (χ0v) is 14.2. The van der Waals surface area contributed by atoms with E-state index >= 15 is 0 Å². The molecule has 3 atom stereocenters. The second kappa shape index (κ2) is 7.60. The molecular weight excluding hydrogens is 319 g/mol. The number of pyridine rings is 1. The summed E-state index contributed by atoms with van der Waals surface area (Å²) in [5, 5.41) is 0. The molecule has 1 aromatic heterocycles. The van der Waals surface area contributed by atoms with E-state index in [4.69, 9.17) is 9.47 Å². The van der Waals surface area contributed by atoms with Crippen molar-refractivity contribution in [3.8, 4) is 0 Å². The molecule has 0 unspecified atom stereocenters. The molecule has 0 radical (unpaired) electrons. The fourth-order valence-corrected chi connectivity index (χ4v) is 3.85. The van der Waals surface area contributed by atoms with Crippen molar-refractivity contribution in [3.05, 3.63) is 65.7 Å². The van der Waals surface area contributed by atoms with Gasteiger partial charge in [-0.15, -0.1) is 0 Å². The van der Waals surface area contributed by atoms with E-state index in [0.717, 1.165) is 37.3 Å². The average molecular weight is 342 g/mol. The lowest BCUT2D eigenvalue weighted by atomic mass is 10.0. The number of hydrogen-bond acceptors (Lipinski definition) is 4. The van der Waals surface area contributed by atoms with Gasteiger partial charge in [0.15, 0.2) is 0 Å². The molecule has 4 nitrogen and oxygen atoms in total. The van der Waals surface area contributed by atoms with E-state index in [-0.39, 0.29) is 18.0 Å². The number of fused-ring (bicyclic) bond motifs is 1. The van der Waals surface area contributed by atoms with Gasteiger partial charge in [-0.05, 0) is 31.0 Å². The summed E-state index contributed by atoms with van der Waals surface area (Å²) < 4.78 is 26.2. The monoisotopic (exact) mass is 342 g/mol. The maximum absolute atomic E-state index is 14.0. The summed E-state index contributed by atoms with van der Waals surface area (Å²) in [5.74, 6) is -0.145. The van der Waals surface area contributed by atoms with Crippen molar-refractivity contribution in [1.29, 1.82) is 0 Å².